The topological polar surface area (TPSA) is 49.4 Å². The third-order valence-corrected chi connectivity index (χ3v) is 5.08. The van der Waals surface area contributed by atoms with Crippen LogP contribution in [-0.4, -0.2) is 36.3 Å². The molecule has 0 unspecified atom stereocenters. The lowest BCUT2D eigenvalue weighted by Crippen LogP contribution is -2.34. The van der Waals surface area contributed by atoms with Gasteiger partial charge in [0.05, 0.1) is 5.92 Å². The van der Waals surface area contributed by atoms with E-state index in [1.54, 1.807) is 17.9 Å². The van der Waals surface area contributed by atoms with Crippen molar-refractivity contribution in [1.29, 1.82) is 0 Å². The van der Waals surface area contributed by atoms with Crippen LogP contribution in [0.3, 0.4) is 0 Å². The number of nitrogens with zero attached hydrogens (tertiary/aromatic N) is 1. The van der Waals surface area contributed by atoms with Crippen molar-refractivity contribution in [3.8, 4) is 0 Å². The fourth-order valence-electron chi connectivity index (χ4n) is 3.50. The van der Waals surface area contributed by atoms with E-state index >= 15 is 0 Å². The Hall–Kier alpha value is -2.69. The van der Waals surface area contributed by atoms with Crippen LogP contribution >= 0.6 is 0 Å². The highest BCUT2D eigenvalue weighted by Gasteiger charge is 2.31. The molecule has 4 nitrogen and oxygen atoms in total. The number of amides is 2. The molecule has 0 aromatic heterocycles. The van der Waals surface area contributed by atoms with E-state index in [-0.39, 0.29) is 23.5 Å². The molecule has 0 spiro atoms. The van der Waals surface area contributed by atoms with E-state index in [9.17, 15) is 14.0 Å². The van der Waals surface area contributed by atoms with Gasteiger partial charge in [0.1, 0.15) is 5.82 Å². The molecule has 1 atom stereocenters. The van der Waals surface area contributed by atoms with Crippen LogP contribution in [0.4, 0.5) is 4.39 Å². The maximum absolute atomic E-state index is 13.9. The highest BCUT2D eigenvalue weighted by molar-refractivity contribution is 5.96. The molecule has 0 radical (unpaired) electrons. The summed E-state index contributed by atoms with van der Waals surface area (Å²) in [5.74, 6) is -0.436. The van der Waals surface area contributed by atoms with Crippen molar-refractivity contribution in [2.45, 2.75) is 26.7 Å². The lowest BCUT2D eigenvalue weighted by atomic mass is 9.98. The van der Waals surface area contributed by atoms with Gasteiger partial charge in [0.25, 0.3) is 5.91 Å². The zero-order valence-corrected chi connectivity index (χ0v) is 15.8. The minimum Gasteiger partial charge on any atom is -0.356 e. The quantitative estimate of drug-likeness (QED) is 0.880. The van der Waals surface area contributed by atoms with Crippen LogP contribution in [0.25, 0.3) is 0 Å². The monoisotopic (exact) mass is 368 g/mol. The third-order valence-electron chi connectivity index (χ3n) is 5.08. The highest BCUT2D eigenvalue weighted by atomic mass is 19.1. The van der Waals surface area contributed by atoms with Crippen LogP contribution in [-0.2, 0) is 11.2 Å². The van der Waals surface area contributed by atoms with E-state index in [1.165, 1.54) is 6.07 Å². The molecule has 1 N–H and O–H groups in total. The SMILES string of the molecule is CCNC(=O)[C@H]1CCN(C(=O)c2ccccc2Cc2ccc(C)c(F)c2)C1. The molecule has 0 saturated carbocycles. The standard InChI is InChI=1S/C22H25FN2O2/c1-3-24-21(26)18-10-11-25(14-18)22(27)19-7-5-4-6-17(19)12-16-9-8-15(2)20(23)13-16/h4-9,13,18H,3,10-12,14H2,1-2H3,(H,24,26)/t18-/m0/s1. The summed E-state index contributed by atoms with van der Waals surface area (Å²) in [4.78, 5) is 26.8. The van der Waals surface area contributed by atoms with Crippen molar-refractivity contribution < 1.29 is 14.0 Å². The second-order valence-electron chi connectivity index (χ2n) is 7.05. The van der Waals surface area contributed by atoms with Crippen LogP contribution in [0.2, 0.25) is 0 Å². The van der Waals surface area contributed by atoms with E-state index < -0.39 is 0 Å². The van der Waals surface area contributed by atoms with E-state index in [1.807, 2.05) is 37.3 Å². The highest BCUT2D eigenvalue weighted by Crippen LogP contribution is 2.22. The molecule has 27 heavy (non-hydrogen) atoms. The average molecular weight is 368 g/mol. The molecule has 1 aliphatic rings. The molecule has 1 aliphatic heterocycles. The molecular formula is C22H25FN2O2. The van der Waals surface area contributed by atoms with Crippen molar-refractivity contribution in [3.05, 3.63) is 70.5 Å². The van der Waals surface area contributed by atoms with E-state index in [2.05, 4.69) is 5.32 Å². The summed E-state index contributed by atoms with van der Waals surface area (Å²) < 4.78 is 13.9. The fraction of sp³-hybridized carbons (Fsp3) is 0.364. The van der Waals surface area contributed by atoms with Gasteiger partial charge in [-0.2, -0.15) is 0 Å². The van der Waals surface area contributed by atoms with Gasteiger partial charge in [-0.05, 0) is 55.5 Å². The summed E-state index contributed by atoms with van der Waals surface area (Å²) in [5, 5.41) is 2.83. The summed E-state index contributed by atoms with van der Waals surface area (Å²) >= 11 is 0. The first-order chi connectivity index (χ1) is 13.0. The van der Waals surface area contributed by atoms with Crippen LogP contribution in [0.15, 0.2) is 42.5 Å². The summed E-state index contributed by atoms with van der Waals surface area (Å²) in [5.41, 5.74) is 2.93. The van der Waals surface area contributed by atoms with Gasteiger partial charge in [-0.3, -0.25) is 9.59 Å². The van der Waals surface area contributed by atoms with E-state index in [4.69, 9.17) is 0 Å². The Kier molecular flexibility index (Phi) is 5.89. The second-order valence-corrected chi connectivity index (χ2v) is 7.05. The van der Waals surface area contributed by atoms with Crippen LogP contribution < -0.4 is 5.32 Å². The van der Waals surface area contributed by atoms with Gasteiger partial charge < -0.3 is 10.2 Å². The van der Waals surface area contributed by atoms with Crippen molar-refractivity contribution in [2.24, 2.45) is 5.92 Å². The number of nitrogens with one attached hydrogen (secondary N) is 1. The molecule has 5 heteroatoms. The molecule has 1 heterocycles. The Morgan fingerprint density at radius 3 is 2.74 bits per heavy atom. The number of halogens is 1. The van der Waals surface area contributed by atoms with Crippen LogP contribution in [0.5, 0.6) is 0 Å². The lowest BCUT2D eigenvalue weighted by molar-refractivity contribution is -0.124. The van der Waals surface area contributed by atoms with Gasteiger partial charge in [0.2, 0.25) is 5.91 Å². The van der Waals surface area contributed by atoms with Gasteiger partial charge >= 0.3 is 0 Å². The van der Waals surface area contributed by atoms with Gasteiger partial charge in [0, 0.05) is 25.2 Å². The number of carbonyl (C=O) groups excluding carboxylic acids is 2. The molecular weight excluding hydrogens is 343 g/mol. The lowest BCUT2D eigenvalue weighted by Gasteiger charge is -2.19. The molecule has 0 aliphatic carbocycles. The molecule has 2 aromatic rings. The van der Waals surface area contributed by atoms with Crippen molar-refractivity contribution in [3.63, 3.8) is 0 Å². The predicted molar refractivity (Wildman–Crippen MR) is 103 cm³/mol. The van der Waals surface area contributed by atoms with E-state index in [0.717, 1.165) is 11.1 Å². The zero-order chi connectivity index (χ0) is 19.4. The number of benzene rings is 2. The molecule has 142 valence electrons. The van der Waals surface area contributed by atoms with Gasteiger partial charge in [-0.25, -0.2) is 4.39 Å². The maximum Gasteiger partial charge on any atom is 0.254 e. The molecule has 2 aromatic carbocycles. The summed E-state index contributed by atoms with van der Waals surface area (Å²) in [6.07, 6.45) is 1.18. The summed E-state index contributed by atoms with van der Waals surface area (Å²) in [7, 11) is 0. The molecule has 0 bridgehead atoms. The Morgan fingerprint density at radius 2 is 2.00 bits per heavy atom. The number of aryl methyl sites for hydroxylation is 1. The second kappa shape index (κ2) is 8.33. The van der Waals surface area contributed by atoms with E-state index in [0.29, 0.717) is 43.6 Å². The Labute approximate surface area is 159 Å². The summed E-state index contributed by atoms with van der Waals surface area (Å²) in [6.45, 7) is 5.24. The Bertz CT molecular complexity index is 850. The first-order valence-electron chi connectivity index (χ1n) is 9.39. The van der Waals surface area contributed by atoms with Crippen molar-refractivity contribution >= 4 is 11.8 Å². The number of carbonyl (C=O) groups is 2. The largest absolute Gasteiger partial charge is 0.356 e. The smallest absolute Gasteiger partial charge is 0.254 e. The number of hydrogen-bond donors (Lipinski definition) is 1. The predicted octanol–water partition coefficient (Wildman–Crippen LogP) is 3.32. The molecule has 1 fully saturated rings. The van der Waals surface area contributed by atoms with Crippen molar-refractivity contribution in [2.75, 3.05) is 19.6 Å². The first-order valence-corrected chi connectivity index (χ1v) is 9.39. The fourth-order valence-corrected chi connectivity index (χ4v) is 3.50. The van der Waals surface area contributed by atoms with Crippen LogP contribution in [0, 0.1) is 18.7 Å². The van der Waals surface area contributed by atoms with Gasteiger partial charge in [-0.1, -0.05) is 30.3 Å². The van der Waals surface area contributed by atoms with Crippen molar-refractivity contribution in [1.82, 2.24) is 10.2 Å². The maximum atomic E-state index is 13.9. The Balaban J connectivity index is 1.76. The third kappa shape index (κ3) is 4.35. The molecule has 1 saturated heterocycles. The minimum absolute atomic E-state index is 0.0104. The molecule has 3 rings (SSSR count). The zero-order valence-electron chi connectivity index (χ0n) is 15.8. The average Bonchev–Trinajstić information content (AvgIpc) is 3.15. The number of hydrogen-bond acceptors (Lipinski definition) is 2. The van der Waals surface area contributed by atoms with Crippen LogP contribution in [0.1, 0.15) is 40.4 Å². The Morgan fingerprint density at radius 1 is 1.22 bits per heavy atom. The normalized spacial score (nSPS) is 16.4. The van der Waals surface area contributed by atoms with Gasteiger partial charge in [0.15, 0.2) is 0 Å². The molecule has 2 amide bonds. The minimum atomic E-state index is -0.236. The summed E-state index contributed by atoms with van der Waals surface area (Å²) in [6, 6.07) is 12.6. The number of likely N-dealkylation sites (tertiary alicyclic amines) is 1. The number of rotatable bonds is 5. The van der Waals surface area contributed by atoms with Gasteiger partial charge in [-0.15, -0.1) is 0 Å². The first kappa shape index (κ1) is 19.1.